The van der Waals surface area contributed by atoms with Crippen LogP contribution in [0.4, 0.5) is 5.95 Å². The zero-order valence-corrected chi connectivity index (χ0v) is 14.0. The molecule has 2 aromatic rings. The molecule has 122 valence electrons. The van der Waals surface area contributed by atoms with Gasteiger partial charge in [0.15, 0.2) is 0 Å². The summed E-state index contributed by atoms with van der Waals surface area (Å²) in [6.45, 7) is 7.07. The highest BCUT2D eigenvalue weighted by Crippen LogP contribution is 2.16. The molecule has 0 radical (unpaired) electrons. The Bertz CT molecular complexity index is 682. The number of amides is 1. The van der Waals surface area contributed by atoms with E-state index in [-0.39, 0.29) is 5.91 Å². The molecular weight excluding hydrogens is 314 g/mol. The Labute approximate surface area is 138 Å². The lowest BCUT2D eigenvalue weighted by molar-refractivity contribution is 0.0741. The standard InChI is InChI=1S/C15H19N5O2S/c1-3-22-13-4-5-16-15(18-13)20-8-6-19(7-9-20)14(21)12-10-23-11(2)17-12/h4-5,10H,3,6-9H2,1-2H3. The lowest BCUT2D eigenvalue weighted by atomic mass is 10.3. The van der Waals surface area contributed by atoms with Crippen molar-refractivity contribution < 1.29 is 9.53 Å². The van der Waals surface area contributed by atoms with Gasteiger partial charge in [-0.15, -0.1) is 11.3 Å². The highest BCUT2D eigenvalue weighted by Gasteiger charge is 2.24. The number of rotatable bonds is 4. The molecule has 0 bridgehead atoms. The van der Waals surface area contributed by atoms with Crippen molar-refractivity contribution in [2.75, 3.05) is 37.7 Å². The van der Waals surface area contributed by atoms with Crippen molar-refractivity contribution >= 4 is 23.2 Å². The number of aryl methyl sites for hydroxylation is 1. The maximum atomic E-state index is 12.4. The van der Waals surface area contributed by atoms with Crippen molar-refractivity contribution in [3.8, 4) is 5.88 Å². The third kappa shape index (κ3) is 3.58. The van der Waals surface area contributed by atoms with Crippen LogP contribution in [0.5, 0.6) is 5.88 Å². The van der Waals surface area contributed by atoms with Gasteiger partial charge in [-0.05, 0) is 13.8 Å². The van der Waals surface area contributed by atoms with Gasteiger partial charge in [-0.1, -0.05) is 0 Å². The largest absolute Gasteiger partial charge is 0.478 e. The quantitative estimate of drug-likeness (QED) is 0.846. The number of hydrogen-bond donors (Lipinski definition) is 0. The Morgan fingerprint density at radius 3 is 2.74 bits per heavy atom. The Morgan fingerprint density at radius 1 is 1.30 bits per heavy atom. The molecule has 1 aliphatic heterocycles. The van der Waals surface area contributed by atoms with Crippen LogP contribution in [0.25, 0.3) is 0 Å². The number of hydrogen-bond acceptors (Lipinski definition) is 7. The number of anilines is 1. The molecule has 0 saturated carbocycles. The second kappa shape index (κ2) is 6.91. The van der Waals surface area contributed by atoms with Crippen molar-refractivity contribution in [1.82, 2.24) is 19.9 Å². The first-order valence-corrected chi connectivity index (χ1v) is 8.47. The zero-order chi connectivity index (χ0) is 16.2. The number of aromatic nitrogens is 3. The number of ether oxygens (including phenoxy) is 1. The molecular formula is C15H19N5O2S. The third-order valence-electron chi connectivity index (χ3n) is 3.60. The van der Waals surface area contributed by atoms with Crippen LogP contribution in [0.2, 0.25) is 0 Å². The minimum atomic E-state index is -0.00187. The Balaban J connectivity index is 1.62. The fraction of sp³-hybridized carbons (Fsp3) is 0.467. The summed E-state index contributed by atoms with van der Waals surface area (Å²) in [5.74, 6) is 1.22. The average Bonchev–Trinajstić information content (AvgIpc) is 3.01. The molecule has 7 nitrogen and oxygen atoms in total. The van der Waals surface area contributed by atoms with Crippen LogP contribution in [0.1, 0.15) is 22.4 Å². The number of carbonyl (C=O) groups is 1. The van der Waals surface area contributed by atoms with Gasteiger partial charge in [-0.25, -0.2) is 9.97 Å². The third-order valence-corrected chi connectivity index (χ3v) is 4.37. The summed E-state index contributed by atoms with van der Waals surface area (Å²) >= 11 is 1.50. The lowest BCUT2D eigenvalue weighted by Gasteiger charge is -2.34. The molecule has 0 atom stereocenters. The number of nitrogens with zero attached hydrogens (tertiary/aromatic N) is 5. The summed E-state index contributed by atoms with van der Waals surface area (Å²) in [6, 6.07) is 1.75. The number of thiazole rings is 1. The average molecular weight is 333 g/mol. The molecule has 1 saturated heterocycles. The first kappa shape index (κ1) is 15.7. The summed E-state index contributed by atoms with van der Waals surface area (Å²) in [5, 5.41) is 2.73. The molecule has 2 aromatic heterocycles. The van der Waals surface area contributed by atoms with E-state index >= 15 is 0 Å². The van der Waals surface area contributed by atoms with Crippen LogP contribution in [0.3, 0.4) is 0 Å². The van der Waals surface area contributed by atoms with E-state index in [2.05, 4.69) is 19.9 Å². The molecule has 0 aromatic carbocycles. The van der Waals surface area contributed by atoms with Gasteiger partial charge in [-0.2, -0.15) is 4.98 Å². The van der Waals surface area contributed by atoms with Gasteiger partial charge in [0.1, 0.15) is 5.69 Å². The molecule has 0 unspecified atom stereocenters. The summed E-state index contributed by atoms with van der Waals surface area (Å²) in [7, 11) is 0. The van der Waals surface area contributed by atoms with E-state index in [0.717, 1.165) is 5.01 Å². The summed E-state index contributed by atoms with van der Waals surface area (Å²) in [4.78, 5) is 29.3. The zero-order valence-electron chi connectivity index (χ0n) is 13.2. The van der Waals surface area contributed by atoms with Crippen molar-refractivity contribution in [2.45, 2.75) is 13.8 Å². The normalized spacial score (nSPS) is 14.9. The predicted octanol–water partition coefficient (Wildman–Crippen LogP) is 1.60. The van der Waals surface area contributed by atoms with Crippen molar-refractivity contribution in [3.63, 3.8) is 0 Å². The van der Waals surface area contributed by atoms with E-state index in [9.17, 15) is 4.79 Å². The van der Waals surface area contributed by atoms with Gasteiger partial charge in [0.25, 0.3) is 5.91 Å². The van der Waals surface area contributed by atoms with Crippen LogP contribution in [-0.2, 0) is 0 Å². The molecule has 0 spiro atoms. The van der Waals surface area contributed by atoms with Crippen LogP contribution < -0.4 is 9.64 Å². The topological polar surface area (TPSA) is 71.5 Å². The van der Waals surface area contributed by atoms with Crippen LogP contribution in [0, 0.1) is 6.92 Å². The molecule has 1 aliphatic rings. The van der Waals surface area contributed by atoms with E-state index in [0.29, 0.717) is 50.3 Å². The Kier molecular flexibility index (Phi) is 4.71. The predicted molar refractivity (Wildman–Crippen MR) is 88.2 cm³/mol. The smallest absolute Gasteiger partial charge is 0.273 e. The second-order valence-electron chi connectivity index (χ2n) is 5.16. The summed E-state index contributed by atoms with van der Waals surface area (Å²) < 4.78 is 5.41. The highest BCUT2D eigenvalue weighted by molar-refractivity contribution is 7.09. The van der Waals surface area contributed by atoms with Gasteiger partial charge >= 0.3 is 0 Å². The molecule has 0 aliphatic carbocycles. The molecule has 23 heavy (non-hydrogen) atoms. The van der Waals surface area contributed by atoms with Crippen molar-refractivity contribution in [1.29, 1.82) is 0 Å². The maximum Gasteiger partial charge on any atom is 0.273 e. The first-order valence-electron chi connectivity index (χ1n) is 7.59. The van der Waals surface area contributed by atoms with Crippen LogP contribution in [0.15, 0.2) is 17.6 Å². The lowest BCUT2D eigenvalue weighted by Crippen LogP contribution is -2.49. The summed E-state index contributed by atoms with van der Waals surface area (Å²) in [6.07, 6.45) is 1.70. The molecule has 3 heterocycles. The molecule has 3 rings (SSSR count). The van der Waals surface area contributed by atoms with Gasteiger partial charge < -0.3 is 14.5 Å². The SMILES string of the molecule is CCOc1ccnc(N2CCN(C(=O)c3csc(C)n3)CC2)n1. The fourth-order valence-electron chi connectivity index (χ4n) is 2.45. The van der Waals surface area contributed by atoms with Crippen LogP contribution >= 0.6 is 11.3 Å². The maximum absolute atomic E-state index is 12.4. The highest BCUT2D eigenvalue weighted by atomic mass is 32.1. The van der Waals surface area contributed by atoms with E-state index in [1.165, 1.54) is 11.3 Å². The molecule has 1 amide bonds. The van der Waals surface area contributed by atoms with Crippen LogP contribution in [-0.4, -0.2) is 58.5 Å². The van der Waals surface area contributed by atoms with Gasteiger partial charge in [0, 0.05) is 43.8 Å². The van der Waals surface area contributed by atoms with E-state index < -0.39 is 0 Å². The Hall–Kier alpha value is -2.22. The van der Waals surface area contributed by atoms with Crippen molar-refractivity contribution in [2.24, 2.45) is 0 Å². The molecule has 1 fully saturated rings. The minimum absolute atomic E-state index is 0.00187. The first-order chi connectivity index (χ1) is 11.2. The minimum Gasteiger partial charge on any atom is -0.478 e. The van der Waals surface area contributed by atoms with Crippen molar-refractivity contribution in [3.05, 3.63) is 28.3 Å². The van der Waals surface area contributed by atoms with Gasteiger partial charge in [-0.3, -0.25) is 4.79 Å². The van der Waals surface area contributed by atoms with E-state index in [1.54, 1.807) is 12.3 Å². The molecule has 0 N–H and O–H groups in total. The Morgan fingerprint density at radius 2 is 2.09 bits per heavy atom. The number of carbonyl (C=O) groups excluding carboxylic acids is 1. The van der Waals surface area contributed by atoms with E-state index in [4.69, 9.17) is 4.74 Å². The second-order valence-corrected chi connectivity index (χ2v) is 6.22. The number of piperazine rings is 1. The monoisotopic (exact) mass is 333 g/mol. The fourth-order valence-corrected chi connectivity index (χ4v) is 3.03. The van der Waals surface area contributed by atoms with Gasteiger partial charge in [0.2, 0.25) is 11.8 Å². The van der Waals surface area contributed by atoms with Gasteiger partial charge in [0.05, 0.1) is 11.6 Å². The van der Waals surface area contributed by atoms with E-state index in [1.807, 2.05) is 24.1 Å². The molecule has 8 heteroatoms. The summed E-state index contributed by atoms with van der Waals surface area (Å²) in [5.41, 5.74) is 0.538.